The summed E-state index contributed by atoms with van der Waals surface area (Å²) >= 11 is 0. The highest BCUT2D eigenvalue weighted by atomic mass is 16.5. The maximum Gasteiger partial charge on any atom is 0.306 e. The third-order valence-corrected chi connectivity index (χ3v) is 4.29. The van der Waals surface area contributed by atoms with Crippen LogP contribution in [0.5, 0.6) is 0 Å². The van der Waals surface area contributed by atoms with Crippen molar-refractivity contribution < 1.29 is 4.76 Å². The molecule has 0 saturated heterocycles. The standard InChI is InChI=1S/C18H18N2O2/c1-13-9-11-16(12-10-13)18(3)19(21)14(2)17(20(18)22)15-7-5-4-6-8-15/h4-12H,1-3H3/t18-/m0/s1. The van der Waals surface area contributed by atoms with Crippen molar-refractivity contribution in [3.63, 3.8) is 0 Å². The first-order valence-electron chi connectivity index (χ1n) is 7.24. The molecule has 3 rings (SSSR count). The molecule has 1 aliphatic rings. The lowest BCUT2D eigenvalue weighted by atomic mass is 10.00. The zero-order chi connectivity index (χ0) is 15.9. The van der Waals surface area contributed by atoms with E-state index in [4.69, 9.17) is 0 Å². The van der Waals surface area contributed by atoms with Crippen LogP contribution in [-0.2, 0) is 5.66 Å². The van der Waals surface area contributed by atoms with E-state index in [1.165, 1.54) is 0 Å². The molecule has 1 aliphatic heterocycles. The van der Waals surface area contributed by atoms with Gasteiger partial charge in [-0.2, -0.15) is 0 Å². The average Bonchev–Trinajstić information content (AvgIpc) is 2.71. The summed E-state index contributed by atoms with van der Waals surface area (Å²) in [5, 5.41) is 13.5. The van der Waals surface area contributed by atoms with Crippen LogP contribution in [0.2, 0.25) is 0 Å². The molecule has 2 aromatic carbocycles. The fourth-order valence-corrected chi connectivity index (χ4v) is 2.90. The van der Waals surface area contributed by atoms with E-state index in [1.54, 1.807) is 13.8 Å². The van der Waals surface area contributed by atoms with Crippen LogP contribution >= 0.6 is 0 Å². The molecule has 1 heterocycles. The molecule has 0 spiro atoms. The van der Waals surface area contributed by atoms with Crippen LogP contribution in [0.3, 0.4) is 0 Å². The fraction of sp³-hybridized carbons (Fsp3) is 0.222. The van der Waals surface area contributed by atoms with E-state index in [1.807, 2.05) is 61.5 Å². The van der Waals surface area contributed by atoms with Crippen LogP contribution in [0.1, 0.15) is 30.5 Å². The normalized spacial score (nSPS) is 21.6. The quantitative estimate of drug-likeness (QED) is 0.782. The smallest absolute Gasteiger partial charge is 0.306 e. The van der Waals surface area contributed by atoms with Gasteiger partial charge in [-0.3, -0.25) is 0 Å². The zero-order valence-electron chi connectivity index (χ0n) is 12.9. The van der Waals surface area contributed by atoms with Gasteiger partial charge >= 0.3 is 5.66 Å². The summed E-state index contributed by atoms with van der Waals surface area (Å²) in [7, 11) is 0. The number of rotatable bonds is 2. The maximum atomic E-state index is 13.0. The summed E-state index contributed by atoms with van der Waals surface area (Å²) in [6, 6.07) is 16.8. The van der Waals surface area contributed by atoms with Crippen molar-refractivity contribution in [2.75, 3.05) is 0 Å². The van der Waals surface area contributed by atoms with Crippen molar-refractivity contribution in [2.45, 2.75) is 26.4 Å². The lowest BCUT2D eigenvalue weighted by Crippen LogP contribution is -2.41. The molecule has 0 radical (unpaired) electrons. The number of aryl methyl sites for hydroxylation is 1. The summed E-state index contributed by atoms with van der Waals surface area (Å²) in [6.45, 7) is 5.33. The van der Waals surface area contributed by atoms with Crippen LogP contribution in [0.15, 0.2) is 60.3 Å². The summed E-state index contributed by atoms with van der Waals surface area (Å²) in [5.41, 5.74) is 2.12. The monoisotopic (exact) mass is 294 g/mol. The molecule has 4 heteroatoms. The largest absolute Gasteiger partial charge is 0.753 e. The number of hydroxylamine groups is 2. The third kappa shape index (κ3) is 1.96. The molecule has 0 amide bonds. The number of nitrogens with zero attached hydrogens (tertiary/aromatic N) is 2. The van der Waals surface area contributed by atoms with E-state index in [2.05, 4.69) is 0 Å². The minimum atomic E-state index is -1.27. The first kappa shape index (κ1) is 14.5. The second-order valence-corrected chi connectivity index (χ2v) is 5.78. The Kier molecular flexibility index (Phi) is 3.34. The van der Waals surface area contributed by atoms with Gasteiger partial charge in [0, 0.05) is 17.4 Å². The molecular weight excluding hydrogens is 276 g/mol. The summed E-state index contributed by atoms with van der Waals surface area (Å²) in [6.07, 6.45) is 0. The maximum absolute atomic E-state index is 13.0. The Labute approximate surface area is 129 Å². The highest BCUT2D eigenvalue weighted by molar-refractivity contribution is 5.63. The second kappa shape index (κ2) is 5.07. The molecule has 112 valence electrons. The molecule has 0 saturated carbocycles. The van der Waals surface area contributed by atoms with E-state index >= 15 is 0 Å². The van der Waals surface area contributed by atoms with Crippen molar-refractivity contribution in [2.24, 2.45) is 0 Å². The van der Waals surface area contributed by atoms with Gasteiger partial charge in [0.05, 0.1) is 16.0 Å². The topological polar surface area (TPSA) is 46.4 Å². The Morgan fingerprint density at radius 2 is 1.59 bits per heavy atom. The Morgan fingerprint density at radius 3 is 2.18 bits per heavy atom. The van der Waals surface area contributed by atoms with Gasteiger partial charge in [-0.05, 0) is 38.1 Å². The molecule has 0 bridgehead atoms. The third-order valence-electron chi connectivity index (χ3n) is 4.29. The van der Waals surface area contributed by atoms with Crippen LogP contribution in [-0.4, -0.2) is 9.82 Å². The van der Waals surface area contributed by atoms with Crippen LogP contribution in [0.4, 0.5) is 0 Å². The predicted octanol–water partition coefficient (Wildman–Crippen LogP) is 4.15. The molecule has 0 fully saturated rings. The lowest BCUT2D eigenvalue weighted by molar-refractivity contribution is -0.565. The Bertz CT molecular complexity index is 750. The van der Waals surface area contributed by atoms with E-state index in [0.29, 0.717) is 17.0 Å². The molecule has 0 N–H and O–H groups in total. The Hall–Kier alpha value is -2.46. The first-order chi connectivity index (χ1) is 10.5. The highest BCUT2D eigenvalue weighted by Crippen LogP contribution is 2.43. The van der Waals surface area contributed by atoms with Gasteiger partial charge in [-0.1, -0.05) is 35.9 Å². The highest BCUT2D eigenvalue weighted by Gasteiger charge is 2.54. The van der Waals surface area contributed by atoms with Crippen molar-refractivity contribution in [3.05, 3.63) is 87.1 Å². The average molecular weight is 294 g/mol. The SMILES string of the molecule is CC1=C(c2ccccc2)[N+](=O)[C@@](C)(c2ccc(C)cc2)N1[O-]. The number of hydrogen-bond donors (Lipinski definition) is 0. The molecule has 4 nitrogen and oxygen atoms in total. The van der Waals surface area contributed by atoms with Crippen LogP contribution < -0.4 is 0 Å². The Morgan fingerprint density at radius 1 is 1.00 bits per heavy atom. The van der Waals surface area contributed by atoms with Crippen molar-refractivity contribution in [3.8, 4) is 0 Å². The molecular formula is C18H18N2O2. The van der Waals surface area contributed by atoms with Crippen LogP contribution in [0.25, 0.3) is 5.70 Å². The van der Waals surface area contributed by atoms with Crippen molar-refractivity contribution in [1.82, 2.24) is 5.06 Å². The fourth-order valence-electron chi connectivity index (χ4n) is 2.90. The number of nitroso groups, excluding NO2 is 1. The van der Waals surface area contributed by atoms with E-state index < -0.39 is 5.66 Å². The van der Waals surface area contributed by atoms with Crippen LogP contribution in [0, 0.1) is 17.0 Å². The minimum Gasteiger partial charge on any atom is -0.753 e. The van der Waals surface area contributed by atoms with Gasteiger partial charge in [-0.15, -0.1) is 0 Å². The molecule has 0 aliphatic carbocycles. The minimum absolute atomic E-state index is 0.429. The predicted molar refractivity (Wildman–Crippen MR) is 86.4 cm³/mol. The van der Waals surface area contributed by atoms with Gasteiger partial charge < -0.3 is 10.3 Å². The molecule has 1 atom stereocenters. The van der Waals surface area contributed by atoms with Gasteiger partial charge in [0.1, 0.15) is 0 Å². The van der Waals surface area contributed by atoms with Gasteiger partial charge in [0.15, 0.2) is 0 Å². The van der Waals surface area contributed by atoms with E-state index in [9.17, 15) is 10.1 Å². The number of benzene rings is 2. The lowest BCUT2D eigenvalue weighted by Gasteiger charge is -2.35. The summed E-state index contributed by atoms with van der Waals surface area (Å²) in [4.78, 5) is 13.0. The van der Waals surface area contributed by atoms with Gasteiger partial charge in [0.2, 0.25) is 0 Å². The zero-order valence-corrected chi connectivity index (χ0v) is 12.9. The van der Waals surface area contributed by atoms with Gasteiger partial charge in [0.25, 0.3) is 5.70 Å². The molecule has 0 unspecified atom stereocenters. The molecule has 22 heavy (non-hydrogen) atoms. The van der Waals surface area contributed by atoms with Crippen molar-refractivity contribution >= 4 is 5.70 Å². The molecule has 0 aromatic heterocycles. The van der Waals surface area contributed by atoms with E-state index in [0.717, 1.165) is 21.0 Å². The number of allylic oxidation sites excluding steroid dienone is 1. The molecule has 2 aromatic rings. The van der Waals surface area contributed by atoms with Crippen molar-refractivity contribution in [1.29, 1.82) is 0 Å². The Balaban J connectivity index is 2.11. The van der Waals surface area contributed by atoms with E-state index in [-0.39, 0.29) is 0 Å². The second-order valence-electron chi connectivity index (χ2n) is 5.78. The van der Waals surface area contributed by atoms with Gasteiger partial charge in [-0.25, -0.2) is 0 Å². The summed E-state index contributed by atoms with van der Waals surface area (Å²) < 4.78 is 0.829. The number of hydrogen-bond acceptors (Lipinski definition) is 3. The first-order valence-corrected chi connectivity index (χ1v) is 7.24. The summed E-state index contributed by atoms with van der Waals surface area (Å²) in [5.74, 6) is 0.